The number of hydrogen-bond acceptors (Lipinski definition) is 5. The lowest BCUT2D eigenvalue weighted by molar-refractivity contribution is -0.151. The van der Waals surface area contributed by atoms with Crippen molar-refractivity contribution < 1.29 is 19.0 Å². The highest BCUT2D eigenvalue weighted by molar-refractivity contribution is 5.81. The molecular weight excluding hydrogens is 234 g/mol. The second-order valence-corrected chi connectivity index (χ2v) is 4.38. The first-order chi connectivity index (χ1) is 8.64. The van der Waals surface area contributed by atoms with Crippen molar-refractivity contribution in [3.63, 3.8) is 0 Å². The van der Waals surface area contributed by atoms with E-state index in [4.69, 9.17) is 19.9 Å². The second-order valence-electron chi connectivity index (χ2n) is 4.38. The van der Waals surface area contributed by atoms with Crippen LogP contribution in [0.4, 0.5) is 0 Å². The molecule has 18 heavy (non-hydrogen) atoms. The third kappa shape index (κ3) is 2.80. The molecule has 1 saturated heterocycles. The number of ether oxygens (including phenoxy) is 3. The first-order valence-electron chi connectivity index (χ1n) is 5.81. The van der Waals surface area contributed by atoms with Crippen LogP contribution in [0.1, 0.15) is 12.0 Å². The van der Waals surface area contributed by atoms with Gasteiger partial charge in [-0.1, -0.05) is 12.1 Å². The van der Waals surface area contributed by atoms with Gasteiger partial charge in [-0.3, -0.25) is 0 Å². The summed E-state index contributed by atoms with van der Waals surface area (Å²) < 4.78 is 15.4. The van der Waals surface area contributed by atoms with E-state index >= 15 is 0 Å². The minimum atomic E-state index is -0.980. The molecule has 0 saturated carbocycles. The van der Waals surface area contributed by atoms with Gasteiger partial charge in [-0.05, 0) is 17.7 Å². The molecule has 1 aromatic carbocycles. The van der Waals surface area contributed by atoms with Crippen LogP contribution in [0.2, 0.25) is 0 Å². The minimum Gasteiger partial charge on any atom is -0.497 e. The summed E-state index contributed by atoms with van der Waals surface area (Å²) in [5.41, 5.74) is 5.81. The Morgan fingerprint density at radius 3 is 2.72 bits per heavy atom. The molecule has 2 rings (SSSR count). The molecule has 1 aliphatic heterocycles. The van der Waals surface area contributed by atoms with Crippen LogP contribution in [0.5, 0.6) is 5.75 Å². The molecular formula is C13H17NO4. The van der Waals surface area contributed by atoms with Gasteiger partial charge in [-0.25, -0.2) is 4.79 Å². The van der Waals surface area contributed by atoms with E-state index in [1.54, 1.807) is 7.11 Å². The van der Waals surface area contributed by atoms with Crippen molar-refractivity contribution >= 4 is 5.97 Å². The average molecular weight is 251 g/mol. The Morgan fingerprint density at radius 2 is 2.17 bits per heavy atom. The summed E-state index contributed by atoms with van der Waals surface area (Å²) in [6.45, 7) is 0.949. The van der Waals surface area contributed by atoms with E-state index in [0.29, 0.717) is 13.0 Å². The number of esters is 1. The Kier molecular flexibility index (Phi) is 3.84. The van der Waals surface area contributed by atoms with Gasteiger partial charge < -0.3 is 19.9 Å². The fraction of sp³-hybridized carbons (Fsp3) is 0.462. The maximum atomic E-state index is 11.8. The molecule has 1 atom stereocenters. The van der Waals surface area contributed by atoms with Crippen molar-refractivity contribution in [3.05, 3.63) is 29.8 Å². The summed E-state index contributed by atoms with van der Waals surface area (Å²) in [4.78, 5) is 11.8. The molecule has 0 amide bonds. The fourth-order valence-electron chi connectivity index (χ4n) is 1.76. The summed E-state index contributed by atoms with van der Waals surface area (Å²) in [5.74, 6) is 0.361. The predicted molar refractivity (Wildman–Crippen MR) is 65.1 cm³/mol. The van der Waals surface area contributed by atoms with Gasteiger partial charge in [0.25, 0.3) is 0 Å². The predicted octanol–water partition coefficient (Wildman–Crippen LogP) is 0.856. The molecule has 0 aliphatic carbocycles. The van der Waals surface area contributed by atoms with Gasteiger partial charge in [0.05, 0.1) is 13.7 Å². The van der Waals surface area contributed by atoms with Crippen molar-refractivity contribution in [2.75, 3.05) is 20.3 Å². The summed E-state index contributed by atoms with van der Waals surface area (Å²) in [5, 5.41) is 0. The van der Waals surface area contributed by atoms with Gasteiger partial charge in [-0.2, -0.15) is 0 Å². The molecule has 98 valence electrons. The van der Waals surface area contributed by atoms with Crippen molar-refractivity contribution in [1.82, 2.24) is 0 Å². The zero-order chi connectivity index (χ0) is 13.0. The van der Waals surface area contributed by atoms with E-state index in [1.807, 2.05) is 24.3 Å². The first-order valence-corrected chi connectivity index (χ1v) is 5.81. The zero-order valence-electron chi connectivity index (χ0n) is 10.3. The number of carbonyl (C=O) groups excluding carboxylic acids is 1. The topological polar surface area (TPSA) is 70.8 Å². The molecule has 1 heterocycles. The highest BCUT2D eigenvalue weighted by atomic mass is 16.5. The maximum Gasteiger partial charge on any atom is 0.328 e. The van der Waals surface area contributed by atoms with Gasteiger partial charge in [0.1, 0.15) is 17.9 Å². The Morgan fingerprint density at radius 1 is 1.44 bits per heavy atom. The zero-order valence-corrected chi connectivity index (χ0v) is 10.3. The molecule has 0 aromatic heterocycles. The van der Waals surface area contributed by atoms with Gasteiger partial charge in [0.2, 0.25) is 0 Å². The monoisotopic (exact) mass is 251 g/mol. The Balaban J connectivity index is 1.88. The first kappa shape index (κ1) is 12.9. The largest absolute Gasteiger partial charge is 0.497 e. The Hall–Kier alpha value is -1.59. The summed E-state index contributed by atoms with van der Waals surface area (Å²) in [7, 11) is 1.60. The SMILES string of the molecule is COc1ccc(COC(=O)C2(N)CCOC2)cc1. The van der Waals surface area contributed by atoms with Crippen LogP contribution in [-0.2, 0) is 20.9 Å². The van der Waals surface area contributed by atoms with Crippen LogP contribution in [0.25, 0.3) is 0 Å². The summed E-state index contributed by atoms with van der Waals surface area (Å²) in [6.07, 6.45) is 0.508. The number of carbonyl (C=O) groups is 1. The number of nitrogens with two attached hydrogens (primary N) is 1. The van der Waals surface area contributed by atoms with Gasteiger partial charge in [-0.15, -0.1) is 0 Å². The van der Waals surface area contributed by atoms with E-state index in [-0.39, 0.29) is 13.2 Å². The number of rotatable bonds is 4. The molecule has 0 bridgehead atoms. The highest BCUT2D eigenvalue weighted by Crippen LogP contribution is 2.18. The molecule has 0 spiro atoms. The van der Waals surface area contributed by atoms with E-state index in [1.165, 1.54) is 0 Å². The van der Waals surface area contributed by atoms with Crippen molar-refractivity contribution in [2.45, 2.75) is 18.6 Å². The molecule has 1 aromatic rings. The summed E-state index contributed by atoms with van der Waals surface area (Å²) >= 11 is 0. The third-order valence-electron chi connectivity index (χ3n) is 2.99. The van der Waals surface area contributed by atoms with Crippen molar-refractivity contribution in [3.8, 4) is 5.75 Å². The van der Waals surface area contributed by atoms with E-state index < -0.39 is 11.5 Å². The number of hydrogen-bond donors (Lipinski definition) is 1. The quantitative estimate of drug-likeness (QED) is 0.803. The summed E-state index contributed by atoms with van der Waals surface area (Å²) in [6, 6.07) is 7.33. The molecule has 5 heteroatoms. The molecule has 2 N–H and O–H groups in total. The van der Waals surface area contributed by atoms with E-state index in [9.17, 15) is 4.79 Å². The number of benzene rings is 1. The Labute approximate surface area is 106 Å². The van der Waals surface area contributed by atoms with E-state index in [2.05, 4.69) is 0 Å². The lowest BCUT2D eigenvalue weighted by Crippen LogP contribution is -2.49. The molecule has 1 unspecified atom stereocenters. The lowest BCUT2D eigenvalue weighted by Gasteiger charge is -2.19. The van der Waals surface area contributed by atoms with E-state index in [0.717, 1.165) is 11.3 Å². The van der Waals surface area contributed by atoms with Gasteiger partial charge >= 0.3 is 5.97 Å². The van der Waals surface area contributed by atoms with Crippen LogP contribution in [0.3, 0.4) is 0 Å². The third-order valence-corrected chi connectivity index (χ3v) is 2.99. The van der Waals surface area contributed by atoms with Crippen molar-refractivity contribution in [2.24, 2.45) is 5.73 Å². The van der Waals surface area contributed by atoms with Crippen LogP contribution >= 0.6 is 0 Å². The molecule has 0 radical (unpaired) electrons. The number of methoxy groups -OCH3 is 1. The van der Waals surface area contributed by atoms with Gasteiger partial charge in [0, 0.05) is 13.0 Å². The average Bonchev–Trinajstić information content (AvgIpc) is 2.85. The van der Waals surface area contributed by atoms with Crippen LogP contribution < -0.4 is 10.5 Å². The Bertz CT molecular complexity index is 410. The molecule has 5 nitrogen and oxygen atoms in total. The molecule has 1 fully saturated rings. The minimum absolute atomic E-state index is 0.210. The fourth-order valence-corrected chi connectivity index (χ4v) is 1.76. The second kappa shape index (κ2) is 5.37. The van der Waals surface area contributed by atoms with Crippen molar-refractivity contribution in [1.29, 1.82) is 0 Å². The smallest absolute Gasteiger partial charge is 0.328 e. The normalized spacial score (nSPS) is 22.8. The lowest BCUT2D eigenvalue weighted by atomic mass is 10.0. The maximum absolute atomic E-state index is 11.8. The van der Waals surface area contributed by atoms with Crippen LogP contribution in [0.15, 0.2) is 24.3 Å². The van der Waals surface area contributed by atoms with Gasteiger partial charge in [0.15, 0.2) is 0 Å². The highest BCUT2D eigenvalue weighted by Gasteiger charge is 2.39. The van der Waals surface area contributed by atoms with Crippen LogP contribution in [-0.4, -0.2) is 31.8 Å². The van der Waals surface area contributed by atoms with Crippen LogP contribution in [0, 0.1) is 0 Å². The standard InChI is InChI=1S/C13H17NO4/c1-16-11-4-2-10(3-5-11)8-18-12(15)13(14)6-7-17-9-13/h2-5H,6-9,14H2,1H3. The molecule has 1 aliphatic rings.